The van der Waals surface area contributed by atoms with Gasteiger partial charge >= 0.3 is 0 Å². The predicted molar refractivity (Wildman–Crippen MR) is 102 cm³/mol. The van der Waals surface area contributed by atoms with E-state index in [4.69, 9.17) is 12.2 Å². The lowest BCUT2D eigenvalue weighted by atomic mass is 10.1. The van der Waals surface area contributed by atoms with Crippen molar-refractivity contribution in [3.63, 3.8) is 0 Å². The Morgan fingerprint density at radius 3 is 2.25 bits per heavy atom. The lowest BCUT2D eigenvalue weighted by Gasteiger charge is -2.27. The summed E-state index contributed by atoms with van der Waals surface area (Å²) in [7, 11) is 0. The molecule has 2 aromatic carbocycles. The van der Waals surface area contributed by atoms with Crippen LogP contribution in [0.25, 0.3) is 0 Å². The molecule has 0 amide bonds. The summed E-state index contributed by atoms with van der Waals surface area (Å²) in [6.45, 7) is 7.24. The number of hydrogen-bond donors (Lipinski definition) is 3. The van der Waals surface area contributed by atoms with Crippen molar-refractivity contribution in [2.24, 2.45) is 0 Å². The molecule has 0 radical (unpaired) electrons. The summed E-state index contributed by atoms with van der Waals surface area (Å²) in [5.74, 6) is -0.256. The molecule has 5 heteroatoms. The van der Waals surface area contributed by atoms with Gasteiger partial charge in [0.25, 0.3) is 0 Å². The second kappa shape index (κ2) is 9.35. The topological polar surface area (TPSA) is 28.5 Å². The van der Waals surface area contributed by atoms with Crippen LogP contribution in [-0.2, 0) is 0 Å². The number of rotatable bonds is 7. The summed E-state index contributed by atoms with van der Waals surface area (Å²) < 4.78 is 13.0. The van der Waals surface area contributed by atoms with Gasteiger partial charge in [-0.25, -0.2) is 4.39 Å². The molecular formula is C19H25FN3S+. The zero-order valence-electron chi connectivity index (χ0n) is 14.2. The Balaban J connectivity index is 1.99. The van der Waals surface area contributed by atoms with Crippen LogP contribution >= 0.6 is 12.2 Å². The summed E-state index contributed by atoms with van der Waals surface area (Å²) in [6.07, 6.45) is 0. The molecule has 2 aromatic rings. The van der Waals surface area contributed by atoms with E-state index >= 15 is 0 Å². The van der Waals surface area contributed by atoms with Crippen LogP contribution in [0.1, 0.15) is 25.5 Å². The van der Waals surface area contributed by atoms with Crippen LogP contribution in [0.2, 0.25) is 0 Å². The van der Waals surface area contributed by atoms with Gasteiger partial charge in [0, 0.05) is 11.3 Å². The van der Waals surface area contributed by atoms with Gasteiger partial charge in [-0.3, -0.25) is 0 Å². The van der Waals surface area contributed by atoms with Crippen LogP contribution in [0.15, 0.2) is 54.6 Å². The van der Waals surface area contributed by atoms with Gasteiger partial charge in [0.2, 0.25) is 0 Å². The van der Waals surface area contributed by atoms with Gasteiger partial charge in [0.15, 0.2) is 5.11 Å². The normalized spacial score (nSPS) is 12.0. The Morgan fingerprint density at radius 1 is 1.04 bits per heavy atom. The van der Waals surface area contributed by atoms with E-state index in [0.717, 1.165) is 25.3 Å². The predicted octanol–water partition coefficient (Wildman–Crippen LogP) is 2.78. The molecule has 0 fully saturated rings. The minimum atomic E-state index is -0.256. The standard InChI is InChI=1S/C19H24FN3S/c1-3-23(4-2)18(15-8-6-5-7-9-15)14-21-19(24)22-17-12-10-16(20)11-13-17/h5-13,18H,3-4,14H2,1-2H3,(H2,21,22,24)/p+1/t18-/m1/s1. The van der Waals surface area contributed by atoms with Gasteiger partial charge in [-0.2, -0.15) is 0 Å². The Hall–Kier alpha value is -1.98. The van der Waals surface area contributed by atoms with E-state index in [1.165, 1.54) is 22.6 Å². The van der Waals surface area contributed by atoms with Crippen molar-refractivity contribution >= 4 is 23.0 Å². The first-order valence-electron chi connectivity index (χ1n) is 8.34. The summed E-state index contributed by atoms with van der Waals surface area (Å²) in [5.41, 5.74) is 2.08. The number of anilines is 1. The summed E-state index contributed by atoms with van der Waals surface area (Å²) >= 11 is 5.37. The van der Waals surface area contributed by atoms with Crippen molar-refractivity contribution in [3.05, 3.63) is 66.0 Å². The van der Waals surface area contributed by atoms with E-state index < -0.39 is 0 Å². The number of nitrogens with one attached hydrogen (secondary N) is 3. The van der Waals surface area contributed by atoms with E-state index in [2.05, 4.69) is 48.7 Å². The maximum absolute atomic E-state index is 13.0. The molecule has 0 bridgehead atoms. The third-order valence-corrected chi connectivity index (χ3v) is 4.42. The number of likely N-dealkylation sites (N-methyl/N-ethyl adjacent to an activating group) is 1. The fourth-order valence-corrected chi connectivity index (χ4v) is 3.03. The highest BCUT2D eigenvalue weighted by Gasteiger charge is 2.21. The summed E-state index contributed by atoms with van der Waals surface area (Å²) in [6, 6.07) is 17.0. The molecule has 0 aliphatic carbocycles. The van der Waals surface area contributed by atoms with Crippen LogP contribution in [-0.4, -0.2) is 24.7 Å². The minimum Gasteiger partial charge on any atom is -0.356 e. The number of hydrogen-bond acceptors (Lipinski definition) is 1. The molecular weight excluding hydrogens is 321 g/mol. The van der Waals surface area contributed by atoms with Gasteiger partial charge in [0.05, 0.1) is 19.6 Å². The van der Waals surface area contributed by atoms with Crippen molar-refractivity contribution in [2.45, 2.75) is 19.9 Å². The minimum absolute atomic E-state index is 0.256. The number of thiocarbonyl (C=S) groups is 1. The van der Waals surface area contributed by atoms with Crippen molar-refractivity contribution in [2.75, 3.05) is 25.0 Å². The fraction of sp³-hybridized carbons (Fsp3) is 0.316. The molecule has 1 atom stereocenters. The van der Waals surface area contributed by atoms with Crippen molar-refractivity contribution < 1.29 is 9.29 Å². The number of halogens is 1. The molecule has 0 aromatic heterocycles. The second-order valence-electron chi connectivity index (χ2n) is 5.67. The monoisotopic (exact) mass is 346 g/mol. The van der Waals surface area contributed by atoms with Gasteiger partial charge < -0.3 is 15.5 Å². The van der Waals surface area contributed by atoms with Gasteiger partial charge in [-0.05, 0) is 50.3 Å². The van der Waals surface area contributed by atoms with Crippen LogP contribution < -0.4 is 15.5 Å². The molecule has 0 saturated heterocycles. The van der Waals surface area contributed by atoms with E-state index in [-0.39, 0.29) is 5.82 Å². The van der Waals surface area contributed by atoms with Gasteiger partial charge in [-0.1, -0.05) is 30.3 Å². The first-order valence-corrected chi connectivity index (χ1v) is 8.74. The largest absolute Gasteiger partial charge is 0.356 e. The van der Waals surface area contributed by atoms with Crippen LogP contribution in [0.3, 0.4) is 0 Å². The Labute approximate surface area is 148 Å². The quantitative estimate of drug-likeness (QED) is 0.673. The maximum atomic E-state index is 13.0. The molecule has 0 spiro atoms. The molecule has 2 rings (SSSR count). The smallest absolute Gasteiger partial charge is 0.171 e. The average molecular weight is 346 g/mol. The van der Waals surface area contributed by atoms with Gasteiger partial charge in [0.1, 0.15) is 11.9 Å². The third kappa shape index (κ3) is 5.28. The first-order chi connectivity index (χ1) is 11.6. The third-order valence-electron chi connectivity index (χ3n) is 4.17. The molecule has 0 aliphatic heterocycles. The molecule has 3 nitrogen and oxygen atoms in total. The zero-order chi connectivity index (χ0) is 17.4. The summed E-state index contributed by atoms with van der Waals surface area (Å²) in [4.78, 5) is 1.50. The van der Waals surface area contributed by atoms with E-state index in [1.54, 1.807) is 12.1 Å². The Kier molecular flexibility index (Phi) is 7.15. The second-order valence-corrected chi connectivity index (χ2v) is 6.08. The van der Waals surface area contributed by atoms with E-state index in [9.17, 15) is 4.39 Å². The SMILES string of the molecule is CC[NH+](CC)[C@H](CNC(=S)Nc1ccc(F)cc1)c1ccccc1. The lowest BCUT2D eigenvalue weighted by Crippen LogP contribution is -3.12. The highest BCUT2D eigenvalue weighted by molar-refractivity contribution is 7.80. The molecule has 0 saturated carbocycles. The summed E-state index contributed by atoms with van der Waals surface area (Å²) in [5, 5.41) is 6.94. The molecule has 0 aliphatic rings. The molecule has 0 unspecified atom stereocenters. The van der Waals surface area contributed by atoms with Crippen molar-refractivity contribution in [1.29, 1.82) is 0 Å². The zero-order valence-corrected chi connectivity index (χ0v) is 15.0. The van der Waals surface area contributed by atoms with Crippen molar-refractivity contribution in [3.8, 4) is 0 Å². The number of quaternary nitrogens is 1. The average Bonchev–Trinajstić information content (AvgIpc) is 2.61. The molecule has 24 heavy (non-hydrogen) atoms. The number of benzene rings is 2. The maximum Gasteiger partial charge on any atom is 0.171 e. The molecule has 128 valence electrons. The Morgan fingerprint density at radius 2 is 1.67 bits per heavy atom. The molecule has 0 heterocycles. The van der Waals surface area contributed by atoms with Crippen molar-refractivity contribution in [1.82, 2.24) is 5.32 Å². The van der Waals surface area contributed by atoms with Crippen LogP contribution in [0, 0.1) is 5.82 Å². The van der Waals surface area contributed by atoms with E-state index in [0.29, 0.717) is 11.2 Å². The fourth-order valence-electron chi connectivity index (χ4n) is 2.83. The van der Waals surface area contributed by atoms with Crippen LogP contribution in [0.4, 0.5) is 10.1 Å². The highest BCUT2D eigenvalue weighted by atomic mass is 32.1. The van der Waals surface area contributed by atoms with Crippen LogP contribution in [0.5, 0.6) is 0 Å². The Bertz CT molecular complexity index is 627. The van der Waals surface area contributed by atoms with Gasteiger partial charge in [-0.15, -0.1) is 0 Å². The highest BCUT2D eigenvalue weighted by Crippen LogP contribution is 2.10. The molecule has 3 N–H and O–H groups in total. The first kappa shape index (κ1) is 18.4. The lowest BCUT2D eigenvalue weighted by molar-refractivity contribution is -0.927. The van der Waals surface area contributed by atoms with E-state index in [1.807, 2.05) is 6.07 Å².